The molecule has 0 aromatic heterocycles. The summed E-state index contributed by atoms with van der Waals surface area (Å²) >= 11 is 0. The SMILES string of the molecule is O=CC1C=C[C@@H](O)C1. The summed E-state index contributed by atoms with van der Waals surface area (Å²) in [7, 11) is 0. The van der Waals surface area contributed by atoms with Gasteiger partial charge in [-0.3, -0.25) is 0 Å². The van der Waals surface area contributed by atoms with E-state index in [0.717, 1.165) is 6.29 Å². The zero-order chi connectivity index (χ0) is 5.98. The highest BCUT2D eigenvalue weighted by molar-refractivity contribution is 5.57. The maximum Gasteiger partial charge on any atom is 0.126 e. The lowest BCUT2D eigenvalue weighted by atomic mass is 10.1. The van der Waals surface area contributed by atoms with Gasteiger partial charge in [0.15, 0.2) is 0 Å². The summed E-state index contributed by atoms with van der Waals surface area (Å²) in [6, 6.07) is 0. The van der Waals surface area contributed by atoms with E-state index in [2.05, 4.69) is 0 Å². The molecule has 1 rings (SSSR count). The predicted molar refractivity (Wildman–Crippen MR) is 29.3 cm³/mol. The molecule has 1 N–H and O–H groups in total. The van der Waals surface area contributed by atoms with E-state index >= 15 is 0 Å². The van der Waals surface area contributed by atoms with E-state index in [0.29, 0.717) is 6.42 Å². The molecule has 8 heavy (non-hydrogen) atoms. The second-order valence-electron chi connectivity index (χ2n) is 1.99. The van der Waals surface area contributed by atoms with Crippen molar-refractivity contribution in [1.82, 2.24) is 0 Å². The molecule has 0 bridgehead atoms. The Hall–Kier alpha value is -0.630. The normalized spacial score (nSPS) is 35.6. The highest BCUT2D eigenvalue weighted by Crippen LogP contribution is 2.14. The fourth-order valence-corrected chi connectivity index (χ4v) is 0.808. The Labute approximate surface area is 47.8 Å². The summed E-state index contributed by atoms with van der Waals surface area (Å²) in [4.78, 5) is 9.99. The summed E-state index contributed by atoms with van der Waals surface area (Å²) < 4.78 is 0. The van der Waals surface area contributed by atoms with Crippen molar-refractivity contribution < 1.29 is 9.90 Å². The number of carbonyl (C=O) groups is 1. The van der Waals surface area contributed by atoms with Crippen LogP contribution in [0.15, 0.2) is 12.2 Å². The van der Waals surface area contributed by atoms with Crippen LogP contribution in [0, 0.1) is 5.92 Å². The summed E-state index contributed by atoms with van der Waals surface area (Å²) in [5.74, 6) is -0.0370. The number of aldehydes is 1. The maximum absolute atomic E-state index is 9.99. The van der Waals surface area contributed by atoms with Gasteiger partial charge in [-0.1, -0.05) is 12.2 Å². The number of carbonyl (C=O) groups excluding carboxylic acids is 1. The minimum atomic E-state index is -0.384. The second-order valence-corrected chi connectivity index (χ2v) is 1.99. The van der Waals surface area contributed by atoms with Crippen molar-refractivity contribution in [2.45, 2.75) is 12.5 Å². The predicted octanol–water partition coefficient (Wildman–Crippen LogP) is 0.122. The van der Waals surface area contributed by atoms with E-state index in [1.165, 1.54) is 0 Å². The first-order chi connectivity index (χ1) is 3.83. The van der Waals surface area contributed by atoms with Crippen LogP contribution in [0.2, 0.25) is 0 Å². The molecule has 1 aliphatic rings. The number of hydrogen-bond acceptors (Lipinski definition) is 2. The lowest BCUT2D eigenvalue weighted by Gasteiger charge is -1.96. The molecule has 0 aliphatic heterocycles. The molecule has 0 radical (unpaired) electrons. The first kappa shape index (κ1) is 5.51. The third kappa shape index (κ3) is 0.954. The Morgan fingerprint density at radius 1 is 1.62 bits per heavy atom. The van der Waals surface area contributed by atoms with Gasteiger partial charge in [-0.05, 0) is 6.42 Å². The average Bonchev–Trinajstić information content (AvgIpc) is 2.14. The van der Waals surface area contributed by atoms with E-state index in [1.807, 2.05) is 0 Å². The lowest BCUT2D eigenvalue weighted by Crippen LogP contribution is -2.01. The summed E-state index contributed by atoms with van der Waals surface area (Å²) in [5, 5.41) is 8.78. The Morgan fingerprint density at radius 3 is 2.62 bits per heavy atom. The molecule has 0 aromatic carbocycles. The molecule has 2 nitrogen and oxygen atoms in total. The Balaban J connectivity index is 2.45. The molecule has 44 valence electrons. The first-order valence-electron chi connectivity index (χ1n) is 2.64. The number of aliphatic hydroxyl groups is 1. The van der Waals surface area contributed by atoms with E-state index in [-0.39, 0.29) is 12.0 Å². The van der Waals surface area contributed by atoms with Crippen LogP contribution < -0.4 is 0 Å². The molecule has 0 heterocycles. The van der Waals surface area contributed by atoms with Gasteiger partial charge in [-0.15, -0.1) is 0 Å². The van der Waals surface area contributed by atoms with Crippen molar-refractivity contribution in [3.63, 3.8) is 0 Å². The van der Waals surface area contributed by atoms with Crippen LogP contribution in [-0.4, -0.2) is 17.5 Å². The van der Waals surface area contributed by atoms with Crippen molar-refractivity contribution in [3.05, 3.63) is 12.2 Å². The zero-order valence-corrected chi connectivity index (χ0v) is 4.45. The third-order valence-corrected chi connectivity index (χ3v) is 1.27. The molecule has 0 aromatic rings. The molecule has 0 saturated heterocycles. The van der Waals surface area contributed by atoms with Crippen LogP contribution >= 0.6 is 0 Å². The van der Waals surface area contributed by atoms with E-state index in [9.17, 15) is 4.79 Å². The van der Waals surface area contributed by atoms with Crippen LogP contribution in [0.25, 0.3) is 0 Å². The molecule has 0 fully saturated rings. The van der Waals surface area contributed by atoms with Crippen molar-refractivity contribution in [2.24, 2.45) is 5.92 Å². The van der Waals surface area contributed by atoms with Gasteiger partial charge in [0, 0.05) is 5.92 Å². The minimum Gasteiger partial charge on any atom is -0.389 e. The van der Waals surface area contributed by atoms with Gasteiger partial charge in [-0.25, -0.2) is 0 Å². The molecular weight excluding hydrogens is 104 g/mol. The fourth-order valence-electron chi connectivity index (χ4n) is 0.808. The average molecular weight is 112 g/mol. The molecule has 1 unspecified atom stereocenters. The first-order valence-corrected chi connectivity index (χ1v) is 2.64. The van der Waals surface area contributed by atoms with Gasteiger partial charge < -0.3 is 9.90 Å². The van der Waals surface area contributed by atoms with Crippen LogP contribution in [-0.2, 0) is 4.79 Å². The molecule has 2 heteroatoms. The highest BCUT2D eigenvalue weighted by Gasteiger charge is 2.14. The Kier molecular flexibility index (Phi) is 1.44. The molecule has 0 saturated carbocycles. The van der Waals surface area contributed by atoms with Crippen LogP contribution in [0.4, 0.5) is 0 Å². The summed E-state index contributed by atoms with van der Waals surface area (Å²) in [6.45, 7) is 0. The van der Waals surface area contributed by atoms with Crippen molar-refractivity contribution in [3.8, 4) is 0 Å². The van der Waals surface area contributed by atoms with Gasteiger partial charge in [0.2, 0.25) is 0 Å². The standard InChI is InChI=1S/C6H8O2/c7-4-5-1-2-6(8)3-5/h1-2,4-6,8H,3H2/t5?,6-/m1/s1. The van der Waals surface area contributed by atoms with Crippen LogP contribution in [0.3, 0.4) is 0 Å². The Morgan fingerprint density at radius 2 is 2.38 bits per heavy atom. The number of allylic oxidation sites excluding steroid dienone is 1. The van der Waals surface area contributed by atoms with Crippen LogP contribution in [0.5, 0.6) is 0 Å². The van der Waals surface area contributed by atoms with E-state index in [4.69, 9.17) is 5.11 Å². The molecule has 0 spiro atoms. The monoisotopic (exact) mass is 112 g/mol. The van der Waals surface area contributed by atoms with Gasteiger partial charge in [0.25, 0.3) is 0 Å². The molecule has 0 amide bonds. The number of aliphatic hydroxyl groups excluding tert-OH is 1. The van der Waals surface area contributed by atoms with Gasteiger partial charge >= 0.3 is 0 Å². The third-order valence-electron chi connectivity index (χ3n) is 1.27. The van der Waals surface area contributed by atoms with Gasteiger partial charge in [0.05, 0.1) is 6.10 Å². The van der Waals surface area contributed by atoms with Crippen LogP contribution in [0.1, 0.15) is 6.42 Å². The van der Waals surface area contributed by atoms with Gasteiger partial charge in [0.1, 0.15) is 6.29 Å². The number of hydrogen-bond donors (Lipinski definition) is 1. The highest BCUT2D eigenvalue weighted by atomic mass is 16.3. The van der Waals surface area contributed by atoms with Gasteiger partial charge in [-0.2, -0.15) is 0 Å². The maximum atomic E-state index is 9.99. The van der Waals surface area contributed by atoms with Crippen molar-refractivity contribution >= 4 is 6.29 Å². The fraction of sp³-hybridized carbons (Fsp3) is 0.500. The smallest absolute Gasteiger partial charge is 0.126 e. The second kappa shape index (κ2) is 2.09. The minimum absolute atomic E-state index is 0.0370. The van der Waals surface area contributed by atoms with E-state index < -0.39 is 0 Å². The Bertz CT molecular complexity index is 118. The summed E-state index contributed by atoms with van der Waals surface area (Å²) in [5.41, 5.74) is 0. The van der Waals surface area contributed by atoms with Crippen molar-refractivity contribution in [2.75, 3.05) is 0 Å². The lowest BCUT2D eigenvalue weighted by molar-refractivity contribution is -0.110. The van der Waals surface area contributed by atoms with E-state index in [1.54, 1.807) is 12.2 Å². The number of rotatable bonds is 1. The van der Waals surface area contributed by atoms with Crippen molar-refractivity contribution in [1.29, 1.82) is 0 Å². The quantitative estimate of drug-likeness (QED) is 0.386. The largest absolute Gasteiger partial charge is 0.389 e. The zero-order valence-electron chi connectivity index (χ0n) is 4.45. The molecule has 1 aliphatic carbocycles. The topological polar surface area (TPSA) is 37.3 Å². The summed E-state index contributed by atoms with van der Waals surface area (Å²) in [6.07, 6.45) is 4.43. The molecular formula is C6H8O2. The molecule has 2 atom stereocenters.